The zero-order chi connectivity index (χ0) is 15.6. The van der Waals surface area contributed by atoms with Crippen LogP contribution in [0, 0.1) is 5.82 Å². The lowest BCUT2D eigenvalue weighted by molar-refractivity contribution is 0.269. The molecule has 0 bridgehead atoms. The largest absolute Gasteiger partial charge is 0.483 e. The average Bonchev–Trinajstić information content (AvgIpc) is 2.84. The van der Waals surface area contributed by atoms with Crippen LogP contribution in [0.4, 0.5) is 4.39 Å². The molecule has 2 rings (SSSR count). The molecule has 2 aromatic rings. The Bertz CT molecular complexity index is 746. The zero-order valence-corrected chi connectivity index (χ0v) is 12.9. The van der Waals surface area contributed by atoms with Gasteiger partial charge < -0.3 is 4.74 Å². The van der Waals surface area contributed by atoms with Crippen molar-refractivity contribution in [2.75, 3.05) is 0 Å². The van der Waals surface area contributed by atoms with Gasteiger partial charge in [0.1, 0.15) is 12.9 Å². The molecule has 6 nitrogen and oxygen atoms in total. The van der Waals surface area contributed by atoms with Crippen molar-refractivity contribution in [3.8, 4) is 5.75 Å². The number of nitrogens with zero attached hydrogens (tertiary/aromatic N) is 3. The lowest BCUT2D eigenvalue weighted by Crippen LogP contribution is -2.11. The lowest BCUT2D eigenvalue weighted by Gasteiger charge is -2.11. The standard InChI is InChI=1S/C12H13ClFN3O3S/c1-8(2)17-12(15-7-16-17)6-20-11-4-3-9(5-10(11)14)21(13,18)19/h3-5,7-8H,6H2,1-2H3. The van der Waals surface area contributed by atoms with Crippen LogP contribution in [0.15, 0.2) is 29.4 Å². The predicted octanol–water partition coefficient (Wildman–Crippen LogP) is 2.50. The minimum absolute atomic E-state index is 0.0159. The van der Waals surface area contributed by atoms with Gasteiger partial charge in [0.2, 0.25) is 0 Å². The Kier molecular flexibility index (Phi) is 4.48. The van der Waals surface area contributed by atoms with E-state index in [0.717, 1.165) is 6.07 Å². The third kappa shape index (κ3) is 3.70. The van der Waals surface area contributed by atoms with Crippen LogP contribution in [0.25, 0.3) is 0 Å². The van der Waals surface area contributed by atoms with Crippen LogP contribution in [-0.2, 0) is 15.7 Å². The van der Waals surface area contributed by atoms with Gasteiger partial charge in [0.15, 0.2) is 17.4 Å². The SMILES string of the molecule is CC(C)n1ncnc1COc1ccc(S(=O)(=O)Cl)cc1F. The first kappa shape index (κ1) is 15.7. The van der Waals surface area contributed by atoms with Gasteiger partial charge in [0.25, 0.3) is 9.05 Å². The van der Waals surface area contributed by atoms with Crippen LogP contribution in [0.3, 0.4) is 0 Å². The van der Waals surface area contributed by atoms with E-state index in [1.807, 2.05) is 13.8 Å². The molecule has 21 heavy (non-hydrogen) atoms. The van der Waals surface area contributed by atoms with Gasteiger partial charge >= 0.3 is 0 Å². The van der Waals surface area contributed by atoms with E-state index >= 15 is 0 Å². The second-order valence-corrected chi connectivity index (χ2v) is 7.10. The summed E-state index contributed by atoms with van der Waals surface area (Å²) in [5.41, 5.74) is 0. The van der Waals surface area contributed by atoms with Crippen molar-refractivity contribution in [2.45, 2.75) is 31.4 Å². The Morgan fingerprint density at radius 1 is 1.43 bits per heavy atom. The molecule has 1 aromatic heterocycles. The maximum Gasteiger partial charge on any atom is 0.261 e. The van der Waals surface area contributed by atoms with Gasteiger partial charge in [-0.2, -0.15) is 5.10 Å². The summed E-state index contributed by atoms with van der Waals surface area (Å²) in [7, 11) is 1.17. The Labute approximate surface area is 125 Å². The molecule has 0 spiro atoms. The van der Waals surface area contributed by atoms with Gasteiger partial charge in [0, 0.05) is 16.7 Å². The molecule has 0 saturated carbocycles. The molecule has 0 aliphatic rings. The summed E-state index contributed by atoms with van der Waals surface area (Å²) in [6, 6.07) is 3.29. The van der Waals surface area contributed by atoms with Crippen molar-refractivity contribution in [1.82, 2.24) is 14.8 Å². The molecular formula is C12H13ClFN3O3S. The van der Waals surface area contributed by atoms with E-state index in [1.54, 1.807) is 4.68 Å². The van der Waals surface area contributed by atoms with Crippen molar-refractivity contribution < 1.29 is 17.5 Å². The van der Waals surface area contributed by atoms with E-state index in [0.29, 0.717) is 5.82 Å². The third-order valence-electron chi connectivity index (χ3n) is 2.68. The average molecular weight is 334 g/mol. The van der Waals surface area contributed by atoms with E-state index in [4.69, 9.17) is 15.4 Å². The predicted molar refractivity (Wildman–Crippen MR) is 74.2 cm³/mol. The van der Waals surface area contributed by atoms with Crippen LogP contribution in [-0.4, -0.2) is 23.2 Å². The molecule has 114 valence electrons. The van der Waals surface area contributed by atoms with Crippen molar-refractivity contribution >= 4 is 19.7 Å². The Morgan fingerprint density at radius 3 is 2.71 bits per heavy atom. The highest BCUT2D eigenvalue weighted by Gasteiger charge is 2.15. The molecule has 0 N–H and O–H groups in total. The normalized spacial score (nSPS) is 11.9. The zero-order valence-electron chi connectivity index (χ0n) is 11.3. The van der Waals surface area contributed by atoms with E-state index in [9.17, 15) is 12.8 Å². The summed E-state index contributed by atoms with van der Waals surface area (Å²) in [5, 5.41) is 4.03. The number of hydrogen-bond donors (Lipinski definition) is 0. The quantitative estimate of drug-likeness (QED) is 0.786. The van der Waals surface area contributed by atoms with E-state index < -0.39 is 14.9 Å². The van der Waals surface area contributed by atoms with Gasteiger partial charge in [-0.3, -0.25) is 0 Å². The number of rotatable bonds is 5. The highest BCUT2D eigenvalue weighted by Crippen LogP contribution is 2.24. The van der Waals surface area contributed by atoms with Crippen molar-refractivity contribution in [3.05, 3.63) is 36.2 Å². The van der Waals surface area contributed by atoms with Gasteiger partial charge in [-0.1, -0.05) is 0 Å². The fourth-order valence-electron chi connectivity index (χ4n) is 1.70. The molecule has 9 heteroatoms. The molecule has 0 atom stereocenters. The van der Waals surface area contributed by atoms with E-state index in [2.05, 4.69) is 10.1 Å². The summed E-state index contributed by atoms with van der Waals surface area (Å²) in [5.74, 6) is -0.358. The fourth-order valence-corrected chi connectivity index (χ4v) is 2.46. The summed E-state index contributed by atoms with van der Waals surface area (Å²) >= 11 is 0. The molecule has 0 radical (unpaired) electrons. The maximum absolute atomic E-state index is 13.8. The van der Waals surface area contributed by atoms with Gasteiger partial charge in [0.05, 0.1) is 4.90 Å². The van der Waals surface area contributed by atoms with Crippen LogP contribution in [0.2, 0.25) is 0 Å². The maximum atomic E-state index is 13.8. The van der Waals surface area contributed by atoms with Crippen molar-refractivity contribution in [1.29, 1.82) is 0 Å². The summed E-state index contributed by atoms with van der Waals surface area (Å²) in [4.78, 5) is 3.71. The van der Waals surface area contributed by atoms with Crippen LogP contribution in [0.1, 0.15) is 25.7 Å². The molecule has 1 aromatic carbocycles. The topological polar surface area (TPSA) is 74.1 Å². The molecule has 0 saturated heterocycles. The Hall–Kier alpha value is -1.67. The monoisotopic (exact) mass is 333 g/mol. The van der Waals surface area contributed by atoms with E-state index in [1.165, 1.54) is 18.5 Å². The number of hydrogen-bond acceptors (Lipinski definition) is 5. The van der Waals surface area contributed by atoms with Gasteiger partial charge in [-0.25, -0.2) is 22.5 Å². The molecular weight excluding hydrogens is 321 g/mol. The van der Waals surface area contributed by atoms with Crippen molar-refractivity contribution in [2.24, 2.45) is 0 Å². The number of halogens is 2. The first-order valence-corrected chi connectivity index (χ1v) is 8.35. The highest BCUT2D eigenvalue weighted by molar-refractivity contribution is 8.13. The third-order valence-corrected chi connectivity index (χ3v) is 4.03. The molecule has 0 unspecified atom stereocenters. The number of aromatic nitrogens is 3. The molecule has 0 aliphatic heterocycles. The first-order chi connectivity index (χ1) is 9.79. The summed E-state index contributed by atoms with van der Waals surface area (Å²) < 4.78 is 42.9. The van der Waals surface area contributed by atoms with Crippen molar-refractivity contribution in [3.63, 3.8) is 0 Å². The minimum atomic E-state index is -3.97. The van der Waals surface area contributed by atoms with Crippen LogP contribution < -0.4 is 4.74 Å². The smallest absolute Gasteiger partial charge is 0.261 e. The Balaban J connectivity index is 2.16. The highest BCUT2D eigenvalue weighted by atomic mass is 35.7. The number of ether oxygens (including phenoxy) is 1. The molecule has 0 aliphatic carbocycles. The van der Waals surface area contributed by atoms with Crippen LogP contribution >= 0.6 is 10.7 Å². The minimum Gasteiger partial charge on any atom is -0.483 e. The summed E-state index contributed by atoms with van der Waals surface area (Å²) in [6.45, 7) is 3.87. The molecule has 0 fully saturated rings. The second kappa shape index (κ2) is 5.98. The first-order valence-electron chi connectivity index (χ1n) is 6.04. The molecule has 1 heterocycles. The van der Waals surface area contributed by atoms with E-state index in [-0.39, 0.29) is 23.3 Å². The fraction of sp³-hybridized carbons (Fsp3) is 0.333. The van der Waals surface area contributed by atoms with Gasteiger partial charge in [-0.15, -0.1) is 0 Å². The number of benzene rings is 1. The summed E-state index contributed by atoms with van der Waals surface area (Å²) in [6.07, 6.45) is 1.39. The van der Waals surface area contributed by atoms with Gasteiger partial charge in [-0.05, 0) is 32.0 Å². The lowest BCUT2D eigenvalue weighted by atomic mass is 10.3. The molecule has 0 amide bonds. The Morgan fingerprint density at radius 2 is 2.14 bits per heavy atom. The second-order valence-electron chi connectivity index (χ2n) is 4.53. The van der Waals surface area contributed by atoms with Crippen LogP contribution in [0.5, 0.6) is 5.75 Å².